The third-order valence-corrected chi connectivity index (χ3v) is 13.0. The van der Waals surface area contributed by atoms with Crippen LogP contribution in [0.4, 0.5) is 0 Å². The van der Waals surface area contributed by atoms with Crippen molar-refractivity contribution in [1.82, 2.24) is 19.1 Å². The fourth-order valence-corrected chi connectivity index (χ4v) is 10.0. The van der Waals surface area contributed by atoms with Crippen molar-refractivity contribution in [1.29, 1.82) is 0 Å². The van der Waals surface area contributed by atoms with Crippen LogP contribution < -0.4 is 5.48 Å². The van der Waals surface area contributed by atoms with E-state index in [1.165, 1.54) is 34.6 Å². The Morgan fingerprint density at radius 3 is 2.61 bits per heavy atom. The van der Waals surface area contributed by atoms with Crippen LogP contribution in [0.3, 0.4) is 0 Å². The second kappa shape index (κ2) is 11.7. The molecule has 0 spiro atoms. The number of piperazine rings is 1. The van der Waals surface area contributed by atoms with Gasteiger partial charge in [-0.25, -0.2) is 27.3 Å². The van der Waals surface area contributed by atoms with Gasteiger partial charge in [-0.3, -0.25) is 10.0 Å². The molecule has 36 heavy (non-hydrogen) atoms. The molecule has 1 aliphatic rings. The Balaban J connectivity index is 1.47. The molecule has 1 atom stereocenters. The Labute approximate surface area is 222 Å². The van der Waals surface area contributed by atoms with Crippen LogP contribution in [0.1, 0.15) is 6.42 Å². The third kappa shape index (κ3) is 6.16. The summed E-state index contributed by atoms with van der Waals surface area (Å²) < 4.78 is 55.7. The number of thioether (sulfide) groups is 1. The Hall–Kier alpha value is -1.85. The molecule has 0 radical (unpaired) electrons. The van der Waals surface area contributed by atoms with Crippen molar-refractivity contribution in [2.45, 2.75) is 21.0 Å². The average molecular weight is 589 g/mol. The first-order valence-corrected chi connectivity index (χ1v) is 16.6. The van der Waals surface area contributed by atoms with E-state index in [0.29, 0.717) is 12.2 Å². The number of hydrogen-bond donors (Lipinski definition) is 2. The van der Waals surface area contributed by atoms with Gasteiger partial charge in [0.15, 0.2) is 0 Å². The fourth-order valence-electron chi connectivity index (χ4n) is 3.71. The quantitative estimate of drug-likeness (QED) is 0.160. The normalized spacial score (nSPS) is 17.8. The van der Waals surface area contributed by atoms with Gasteiger partial charge in [0.2, 0.25) is 10.0 Å². The standard InChI is InChI=1S/C21H24N4O6S5/c26-20(23-27)17-15-24(35(28,29)14-4-12-32-21-22-9-13-33-21)10-11-25(17)36(30,31)19-8-7-18(34-19)16-5-2-1-3-6-16/h1-3,5-9,13,17,27H,4,10-12,14-15H2,(H,23,26)/t17-/m1/s1. The number of hydroxylamine groups is 1. The van der Waals surface area contributed by atoms with E-state index < -0.39 is 32.0 Å². The van der Waals surface area contributed by atoms with Crippen LogP contribution in [-0.2, 0) is 24.8 Å². The summed E-state index contributed by atoms with van der Waals surface area (Å²) in [4.78, 5) is 17.3. The highest BCUT2D eigenvalue weighted by Crippen LogP contribution is 2.33. The first-order valence-electron chi connectivity index (χ1n) is 10.8. The van der Waals surface area contributed by atoms with Crippen molar-refractivity contribution >= 4 is 60.4 Å². The second-order valence-corrected chi connectivity index (χ2v) is 15.3. The van der Waals surface area contributed by atoms with E-state index >= 15 is 0 Å². The SMILES string of the molecule is O=C(NO)[C@H]1CN(S(=O)(=O)CCCSc2nccs2)CCN1S(=O)(=O)c1ccc(-c2ccccc2)s1. The van der Waals surface area contributed by atoms with Crippen LogP contribution in [0.2, 0.25) is 0 Å². The van der Waals surface area contributed by atoms with Gasteiger partial charge in [-0.15, -0.1) is 22.7 Å². The minimum atomic E-state index is -4.12. The number of aromatic nitrogens is 1. The van der Waals surface area contributed by atoms with Crippen LogP contribution >= 0.6 is 34.4 Å². The van der Waals surface area contributed by atoms with Crippen LogP contribution in [0.15, 0.2) is 62.6 Å². The molecule has 2 N–H and O–H groups in total. The number of benzene rings is 1. The van der Waals surface area contributed by atoms with Crippen LogP contribution in [-0.4, -0.2) is 78.7 Å². The number of carbonyl (C=O) groups is 1. The smallest absolute Gasteiger partial charge is 0.263 e. The third-order valence-electron chi connectivity index (χ3n) is 5.48. The fraction of sp³-hybridized carbons (Fsp3) is 0.333. The van der Waals surface area contributed by atoms with Crippen molar-refractivity contribution in [2.24, 2.45) is 0 Å². The van der Waals surface area contributed by atoms with Crippen LogP contribution in [0.25, 0.3) is 10.4 Å². The molecule has 2 aromatic heterocycles. The lowest BCUT2D eigenvalue weighted by Gasteiger charge is -2.38. The molecule has 0 saturated carbocycles. The highest BCUT2D eigenvalue weighted by atomic mass is 32.2. The molecule has 10 nitrogen and oxygen atoms in total. The first kappa shape index (κ1) is 27.2. The number of nitrogens with one attached hydrogen (secondary N) is 1. The molecule has 194 valence electrons. The predicted molar refractivity (Wildman–Crippen MR) is 140 cm³/mol. The maximum Gasteiger partial charge on any atom is 0.263 e. The number of amides is 1. The van der Waals surface area contributed by atoms with Gasteiger partial charge < -0.3 is 0 Å². The number of carbonyl (C=O) groups excluding carboxylic acids is 1. The maximum absolute atomic E-state index is 13.4. The largest absolute Gasteiger partial charge is 0.289 e. The number of nitrogens with zero attached hydrogens (tertiary/aromatic N) is 3. The number of thiophene rings is 1. The van der Waals surface area contributed by atoms with E-state index in [2.05, 4.69) is 4.98 Å². The Morgan fingerprint density at radius 1 is 1.14 bits per heavy atom. The molecule has 1 saturated heterocycles. The van der Waals surface area contributed by atoms with Gasteiger partial charge in [-0.2, -0.15) is 8.61 Å². The number of thiazole rings is 1. The second-order valence-electron chi connectivity index (χ2n) is 7.77. The van der Waals surface area contributed by atoms with Gasteiger partial charge >= 0.3 is 0 Å². The van der Waals surface area contributed by atoms with Gasteiger partial charge in [-0.05, 0) is 24.1 Å². The molecule has 4 rings (SSSR count). The lowest BCUT2D eigenvalue weighted by atomic mass is 10.2. The average Bonchev–Trinajstić information content (AvgIpc) is 3.59. The topological polar surface area (TPSA) is 137 Å². The summed E-state index contributed by atoms with van der Waals surface area (Å²) in [6, 6.07) is 11.0. The van der Waals surface area contributed by atoms with E-state index in [9.17, 15) is 26.8 Å². The van der Waals surface area contributed by atoms with Crippen LogP contribution in [0, 0.1) is 0 Å². The van der Waals surface area contributed by atoms with Gasteiger partial charge in [-0.1, -0.05) is 42.1 Å². The molecular formula is C21H24N4O6S5. The van der Waals surface area contributed by atoms with Crippen LogP contribution in [0.5, 0.6) is 0 Å². The number of rotatable bonds is 10. The number of hydrogen-bond acceptors (Lipinski definition) is 10. The zero-order valence-electron chi connectivity index (χ0n) is 18.9. The minimum absolute atomic E-state index is 0.0348. The molecule has 15 heteroatoms. The summed E-state index contributed by atoms with van der Waals surface area (Å²) in [7, 11) is -7.86. The summed E-state index contributed by atoms with van der Waals surface area (Å²) in [5, 5.41) is 11.1. The summed E-state index contributed by atoms with van der Waals surface area (Å²) >= 11 is 4.01. The van der Waals surface area contributed by atoms with Crippen molar-refractivity contribution in [3.05, 3.63) is 54.0 Å². The van der Waals surface area contributed by atoms with E-state index in [-0.39, 0.29) is 29.6 Å². The van der Waals surface area contributed by atoms with Crippen molar-refractivity contribution in [3.8, 4) is 10.4 Å². The molecular weight excluding hydrogens is 565 g/mol. The Bertz CT molecular complexity index is 1380. The molecule has 3 heterocycles. The first-order chi connectivity index (χ1) is 17.2. The zero-order chi connectivity index (χ0) is 25.8. The number of sulfonamides is 2. The molecule has 3 aromatic rings. The molecule has 1 amide bonds. The summed E-state index contributed by atoms with van der Waals surface area (Å²) in [5.41, 5.74) is 2.35. The summed E-state index contributed by atoms with van der Waals surface area (Å²) in [5.74, 6) is -0.571. The highest BCUT2D eigenvalue weighted by molar-refractivity contribution is 8.01. The molecule has 1 fully saturated rings. The minimum Gasteiger partial charge on any atom is -0.289 e. The molecule has 1 aromatic carbocycles. The molecule has 0 bridgehead atoms. The highest BCUT2D eigenvalue weighted by Gasteiger charge is 2.43. The van der Waals surface area contributed by atoms with Gasteiger partial charge in [0.25, 0.3) is 15.9 Å². The van der Waals surface area contributed by atoms with E-state index in [1.807, 2.05) is 35.7 Å². The Morgan fingerprint density at radius 2 is 1.92 bits per heavy atom. The predicted octanol–water partition coefficient (Wildman–Crippen LogP) is 2.56. The molecule has 0 unspecified atom stereocenters. The monoisotopic (exact) mass is 588 g/mol. The van der Waals surface area contributed by atoms with Crippen molar-refractivity contribution < 1.29 is 26.8 Å². The van der Waals surface area contributed by atoms with Gasteiger partial charge in [0.1, 0.15) is 14.6 Å². The van der Waals surface area contributed by atoms with Gasteiger partial charge in [0.05, 0.1) is 5.75 Å². The van der Waals surface area contributed by atoms with Crippen molar-refractivity contribution in [3.63, 3.8) is 0 Å². The van der Waals surface area contributed by atoms with Crippen molar-refractivity contribution in [2.75, 3.05) is 31.1 Å². The maximum atomic E-state index is 13.4. The summed E-state index contributed by atoms with van der Waals surface area (Å²) in [6.45, 7) is -0.691. The lowest BCUT2D eigenvalue weighted by Crippen LogP contribution is -2.61. The van der Waals surface area contributed by atoms with Gasteiger partial charge in [0, 0.05) is 41.8 Å². The summed E-state index contributed by atoms with van der Waals surface area (Å²) in [6.07, 6.45) is 2.06. The van der Waals surface area contributed by atoms with E-state index in [1.54, 1.807) is 12.3 Å². The molecule has 1 aliphatic heterocycles. The lowest BCUT2D eigenvalue weighted by molar-refractivity contribution is -0.134. The zero-order valence-corrected chi connectivity index (χ0v) is 23.0. The van der Waals surface area contributed by atoms with E-state index in [4.69, 9.17) is 0 Å². The Kier molecular flexibility index (Phi) is 8.83. The van der Waals surface area contributed by atoms with E-state index in [0.717, 1.165) is 34.7 Å². The molecule has 0 aliphatic carbocycles.